The van der Waals surface area contributed by atoms with Crippen molar-refractivity contribution in [1.29, 1.82) is 0 Å². The van der Waals surface area contributed by atoms with E-state index in [1.807, 2.05) is 0 Å². The second-order valence-corrected chi connectivity index (χ2v) is 6.63. The van der Waals surface area contributed by atoms with Crippen LogP contribution < -0.4 is 0 Å². The summed E-state index contributed by atoms with van der Waals surface area (Å²) in [6.07, 6.45) is 4.12. The van der Waals surface area contributed by atoms with Gasteiger partial charge in [-0.15, -0.1) is 11.6 Å². The van der Waals surface area contributed by atoms with Gasteiger partial charge in [-0.05, 0) is 30.6 Å². The first-order valence-corrected chi connectivity index (χ1v) is 6.77. The molecule has 0 fully saturated rings. The van der Waals surface area contributed by atoms with Crippen LogP contribution in [-0.2, 0) is 4.79 Å². The molecule has 0 aromatic rings. The highest BCUT2D eigenvalue weighted by Gasteiger charge is 2.35. The fourth-order valence-corrected chi connectivity index (χ4v) is 3.07. The predicted molar refractivity (Wildman–Crippen MR) is 75.9 cm³/mol. The fraction of sp³-hybridized carbons (Fsp3) is 0.667. The summed E-state index contributed by atoms with van der Waals surface area (Å²) >= 11 is 5.66. The van der Waals surface area contributed by atoms with Crippen molar-refractivity contribution >= 4 is 17.5 Å². The molecule has 1 aliphatic carbocycles. The van der Waals surface area contributed by atoms with E-state index in [2.05, 4.69) is 45.7 Å². The number of carbonyl (C=O) groups is 1. The molecule has 18 heavy (non-hydrogen) atoms. The van der Waals surface area contributed by atoms with E-state index in [4.69, 9.17) is 11.6 Å². The molecule has 0 aliphatic heterocycles. The summed E-state index contributed by atoms with van der Waals surface area (Å²) in [5, 5.41) is 0. The predicted octanol–water partition coefficient (Wildman–Crippen LogP) is 3.76. The van der Waals surface area contributed by atoms with Gasteiger partial charge in [-0.3, -0.25) is 4.79 Å². The summed E-state index contributed by atoms with van der Waals surface area (Å²) in [6.45, 7) is 10.6. The van der Waals surface area contributed by atoms with Gasteiger partial charge in [0.25, 0.3) is 5.91 Å². The van der Waals surface area contributed by atoms with E-state index in [9.17, 15) is 4.79 Å². The van der Waals surface area contributed by atoms with Crippen molar-refractivity contribution in [2.75, 3.05) is 5.88 Å². The molecule has 0 saturated carbocycles. The van der Waals surface area contributed by atoms with E-state index in [1.54, 1.807) is 6.92 Å². The highest BCUT2D eigenvalue weighted by molar-refractivity contribution is 6.27. The summed E-state index contributed by atoms with van der Waals surface area (Å²) in [5.74, 6) is 2.61. The molecule has 1 aliphatic rings. The van der Waals surface area contributed by atoms with Crippen molar-refractivity contribution in [3.63, 3.8) is 0 Å². The van der Waals surface area contributed by atoms with Gasteiger partial charge in [0.1, 0.15) is 5.88 Å². The minimum absolute atomic E-state index is 0.0348. The molecule has 1 amide bonds. The van der Waals surface area contributed by atoms with E-state index in [0.29, 0.717) is 0 Å². The second kappa shape index (κ2) is 5.36. The van der Waals surface area contributed by atoms with Crippen LogP contribution in [0.15, 0.2) is 11.8 Å². The number of hydrogen-bond acceptors (Lipinski definition) is 1. The molecule has 0 N–H and O–H groups in total. The van der Waals surface area contributed by atoms with Crippen LogP contribution in [0.5, 0.6) is 0 Å². The van der Waals surface area contributed by atoms with Gasteiger partial charge in [-0.1, -0.05) is 39.7 Å². The maximum Gasteiger partial charge on any atom is 0.253 e. The number of allylic oxidation sites excluding steroid dienone is 2. The van der Waals surface area contributed by atoms with Crippen molar-refractivity contribution < 1.29 is 4.79 Å². The third kappa shape index (κ3) is 3.78. The fourth-order valence-electron chi connectivity index (χ4n) is 2.95. The maximum absolute atomic E-state index is 11.9. The number of nitrogens with zero attached hydrogens (tertiary/aromatic N) is 1. The first kappa shape index (κ1) is 15.1. The van der Waals surface area contributed by atoms with Gasteiger partial charge in [-0.25, -0.2) is 4.90 Å². The Morgan fingerprint density at radius 2 is 2.06 bits per heavy atom. The molecular formula is C15H22ClNO. The lowest BCUT2D eigenvalue weighted by molar-refractivity contribution is -0.124. The Balaban J connectivity index is 3.14. The third-order valence-electron chi connectivity index (χ3n) is 3.03. The monoisotopic (exact) mass is 267 g/mol. The molecule has 0 bridgehead atoms. The zero-order valence-electron chi connectivity index (χ0n) is 11.9. The Kier molecular flexibility index (Phi) is 4.50. The molecule has 0 aromatic heterocycles. The van der Waals surface area contributed by atoms with Gasteiger partial charge < -0.3 is 0 Å². The molecule has 0 atom stereocenters. The summed E-state index contributed by atoms with van der Waals surface area (Å²) in [7, 11) is 0. The molecule has 2 nitrogen and oxygen atoms in total. The normalized spacial score (nSPS) is 20.4. The number of alkyl halides is 1. The molecule has 1 rings (SSSR count). The Hall–Kier alpha value is -0.940. The average Bonchev–Trinajstić information content (AvgIpc) is 2.20. The first-order chi connectivity index (χ1) is 8.21. The van der Waals surface area contributed by atoms with Crippen molar-refractivity contribution in [3.8, 4) is 12.0 Å². The third-order valence-corrected chi connectivity index (χ3v) is 3.25. The molecular weight excluding hydrogens is 246 g/mol. The average molecular weight is 268 g/mol. The topological polar surface area (TPSA) is 20.3 Å². The summed E-state index contributed by atoms with van der Waals surface area (Å²) < 4.78 is 0. The lowest BCUT2D eigenvalue weighted by Gasteiger charge is -2.40. The lowest BCUT2D eigenvalue weighted by atomic mass is 9.68. The number of carbonyl (C=O) groups excluding carboxylic acids is 1. The van der Waals surface area contributed by atoms with Crippen LogP contribution in [0.2, 0.25) is 0 Å². The molecule has 0 unspecified atom stereocenters. The van der Waals surface area contributed by atoms with Gasteiger partial charge in [0.05, 0.1) is 0 Å². The Labute approximate surface area is 115 Å². The molecule has 0 heterocycles. The minimum Gasteiger partial charge on any atom is -0.272 e. The number of hydrogen-bond donors (Lipinski definition) is 0. The van der Waals surface area contributed by atoms with Crippen molar-refractivity contribution in [2.24, 2.45) is 10.8 Å². The summed E-state index contributed by atoms with van der Waals surface area (Å²) in [4.78, 5) is 13.4. The van der Waals surface area contributed by atoms with Crippen molar-refractivity contribution in [1.82, 2.24) is 4.90 Å². The minimum atomic E-state index is -0.147. The van der Waals surface area contributed by atoms with Crippen LogP contribution in [0.4, 0.5) is 0 Å². The number of amides is 1. The van der Waals surface area contributed by atoms with E-state index >= 15 is 0 Å². The van der Waals surface area contributed by atoms with Gasteiger partial charge in [-0.2, -0.15) is 0 Å². The Morgan fingerprint density at radius 3 is 2.50 bits per heavy atom. The number of rotatable bonds is 2. The Bertz CT molecular complexity index is 424. The van der Waals surface area contributed by atoms with Crippen molar-refractivity contribution in [2.45, 2.75) is 47.5 Å². The molecule has 0 aromatic carbocycles. The standard InChI is InChI=1S/C15H22ClNO/c1-6-7-17(13(18)10-16)12-8-14(2,3)11-15(4,5)9-12/h8H,9-11H2,1-5H3. The van der Waals surface area contributed by atoms with Crippen LogP contribution in [0.1, 0.15) is 47.5 Å². The van der Waals surface area contributed by atoms with Crippen LogP contribution in [0.3, 0.4) is 0 Å². The molecule has 3 heteroatoms. The summed E-state index contributed by atoms with van der Waals surface area (Å²) in [6, 6.07) is 2.86. The molecule has 0 saturated heterocycles. The van der Waals surface area contributed by atoms with Crippen LogP contribution in [-0.4, -0.2) is 16.7 Å². The van der Waals surface area contributed by atoms with Gasteiger partial charge >= 0.3 is 0 Å². The second-order valence-electron chi connectivity index (χ2n) is 6.37. The lowest BCUT2D eigenvalue weighted by Crippen LogP contribution is -2.35. The van der Waals surface area contributed by atoms with Crippen molar-refractivity contribution in [3.05, 3.63) is 11.8 Å². The van der Waals surface area contributed by atoms with Gasteiger partial charge in [0.2, 0.25) is 0 Å². The van der Waals surface area contributed by atoms with Crippen LogP contribution >= 0.6 is 11.6 Å². The van der Waals surface area contributed by atoms with E-state index < -0.39 is 0 Å². The molecule has 0 radical (unpaired) electrons. The maximum atomic E-state index is 11.9. The highest BCUT2D eigenvalue weighted by Crippen LogP contribution is 2.45. The summed E-state index contributed by atoms with van der Waals surface area (Å²) in [5.41, 5.74) is 1.24. The highest BCUT2D eigenvalue weighted by atomic mass is 35.5. The molecule has 100 valence electrons. The zero-order chi connectivity index (χ0) is 14.0. The SMILES string of the molecule is CC#CN(C(=O)CCl)C1=CC(C)(C)CC(C)(C)C1. The first-order valence-electron chi connectivity index (χ1n) is 6.24. The zero-order valence-corrected chi connectivity index (χ0v) is 12.7. The van der Waals surface area contributed by atoms with Crippen LogP contribution in [0.25, 0.3) is 0 Å². The molecule has 0 spiro atoms. The quantitative estimate of drug-likeness (QED) is 0.424. The largest absolute Gasteiger partial charge is 0.272 e. The van der Waals surface area contributed by atoms with E-state index in [1.165, 1.54) is 4.90 Å². The smallest absolute Gasteiger partial charge is 0.253 e. The van der Waals surface area contributed by atoms with Gasteiger partial charge in [0.15, 0.2) is 0 Å². The van der Waals surface area contributed by atoms with E-state index in [-0.39, 0.29) is 22.6 Å². The van der Waals surface area contributed by atoms with E-state index in [0.717, 1.165) is 18.5 Å². The Morgan fingerprint density at radius 1 is 1.44 bits per heavy atom. The van der Waals surface area contributed by atoms with Gasteiger partial charge in [0, 0.05) is 11.7 Å². The number of halogens is 1. The van der Waals surface area contributed by atoms with Crippen LogP contribution in [0, 0.1) is 22.8 Å².